The maximum absolute atomic E-state index is 13.8. The summed E-state index contributed by atoms with van der Waals surface area (Å²) in [5.41, 5.74) is 0.642. The number of ether oxygens (including phenoxy) is 1. The lowest BCUT2D eigenvalue weighted by atomic mass is 10.2. The van der Waals surface area contributed by atoms with E-state index in [0.717, 1.165) is 4.47 Å². The third-order valence-corrected chi connectivity index (χ3v) is 5.09. The molecule has 158 valence electrons. The molecule has 1 amide bonds. The number of aromatic nitrogens is 4. The van der Waals surface area contributed by atoms with Gasteiger partial charge in [0.1, 0.15) is 16.6 Å². The first-order valence-electron chi connectivity index (χ1n) is 9.17. The van der Waals surface area contributed by atoms with Gasteiger partial charge >= 0.3 is 0 Å². The van der Waals surface area contributed by atoms with Gasteiger partial charge < -0.3 is 10.1 Å². The molecule has 31 heavy (non-hydrogen) atoms. The summed E-state index contributed by atoms with van der Waals surface area (Å²) in [6.07, 6.45) is 3.15. The van der Waals surface area contributed by atoms with Crippen LogP contribution >= 0.6 is 27.5 Å². The van der Waals surface area contributed by atoms with E-state index in [1.807, 2.05) is 24.3 Å². The molecule has 0 bridgehead atoms. The molecule has 0 aliphatic rings. The number of hydrogen-bond donors (Lipinski definition) is 1. The Labute approximate surface area is 190 Å². The van der Waals surface area contributed by atoms with Crippen LogP contribution in [0, 0.1) is 5.82 Å². The van der Waals surface area contributed by atoms with Crippen molar-refractivity contribution in [3.05, 3.63) is 93.6 Å². The van der Waals surface area contributed by atoms with Crippen LogP contribution in [0.3, 0.4) is 0 Å². The molecule has 4 aromatic rings. The van der Waals surface area contributed by atoms with Crippen LogP contribution in [-0.2, 0) is 13.3 Å². The van der Waals surface area contributed by atoms with Gasteiger partial charge in [0.2, 0.25) is 0 Å². The van der Waals surface area contributed by atoms with Gasteiger partial charge in [-0.1, -0.05) is 45.7 Å². The van der Waals surface area contributed by atoms with Crippen molar-refractivity contribution in [2.75, 3.05) is 5.32 Å². The van der Waals surface area contributed by atoms with Crippen LogP contribution in [0.4, 0.5) is 10.2 Å². The van der Waals surface area contributed by atoms with Crippen molar-refractivity contribution in [1.29, 1.82) is 0 Å². The number of rotatable bonds is 7. The van der Waals surface area contributed by atoms with Crippen LogP contribution in [0.2, 0.25) is 5.02 Å². The molecule has 7 nitrogen and oxygen atoms in total. The van der Waals surface area contributed by atoms with Crippen LogP contribution < -0.4 is 10.1 Å². The lowest BCUT2D eigenvalue weighted by Crippen LogP contribution is -2.15. The van der Waals surface area contributed by atoms with Crippen molar-refractivity contribution < 1.29 is 13.9 Å². The van der Waals surface area contributed by atoms with E-state index in [-0.39, 0.29) is 35.6 Å². The Hall–Kier alpha value is -3.17. The Kier molecular flexibility index (Phi) is 6.34. The van der Waals surface area contributed by atoms with Gasteiger partial charge in [0.05, 0.1) is 6.54 Å². The first-order chi connectivity index (χ1) is 15.0. The number of nitrogens with zero attached hydrogens (tertiary/aromatic N) is 4. The lowest BCUT2D eigenvalue weighted by molar-refractivity contribution is 0.101. The zero-order valence-electron chi connectivity index (χ0n) is 16.0. The summed E-state index contributed by atoms with van der Waals surface area (Å²) < 4.78 is 23.4. The van der Waals surface area contributed by atoms with Crippen molar-refractivity contribution in [3.8, 4) is 5.75 Å². The summed E-state index contributed by atoms with van der Waals surface area (Å²) >= 11 is 9.54. The van der Waals surface area contributed by atoms with Gasteiger partial charge in [-0.05, 0) is 36.4 Å². The van der Waals surface area contributed by atoms with Gasteiger partial charge in [-0.15, -0.1) is 0 Å². The average molecular weight is 505 g/mol. The fourth-order valence-electron chi connectivity index (χ4n) is 2.76. The molecule has 0 radical (unpaired) electrons. The van der Waals surface area contributed by atoms with Crippen molar-refractivity contribution in [1.82, 2.24) is 19.6 Å². The highest BCUT2D eigenvalue weighted by molar-refractivity contribution is 9.10. The SMILES string of the molecule is O=C(Nc1nn(Cc2ccccc2F)cc1Cl)c1ccn(COc2ccc(Br)cc2)n1. The zero-order valence-corrected chi connectivity index (χ0v) is 18.3. The molecule has 4 rings (SSSR count). The highest BCUT2D eigenvalue weighted by atomic mass is 79.9. The van der Waals surface area contributed by atoms with Crippen LogP contribution in [0.15, 0.2) is 71.5 Å². The van der Waals surface area contributed by atoms with Crippen molar-refractivity contribution in [2.24, 2.45) is 0 Å². The third-order valence-electron chi connectivity index (χ3n) is 4.29. The molecule has 10 heteroatoms. The molecule has 1 N–H and O–H groups in total. The summed E-state index contributed by atoms with van der Waals surface area (Å²) in [7, 11) is 0. The first kappa shape index (κ1) is 21.1. The highest BCUT2D eigenvalue weighted by Gasteiger charge is 2.15. The maximum Gasteiger partial charge on any atom is 0.277 e. The van der Waals surface area contributed by atoms with E-state index in [1.54, 1.807) is 30.5 Å². The third kappa shape index (κ3) is 5.31. The second-order valence-electron chi connectivity index (χ2n) is 6.54. The molecular formula is C21H16BrClFN5O2. The topological polar surface area (TPSA) is 74.0 Å². The average Bonchev–Trinajstić information content (AvgIpc) is 3.36. The standard InChI is InChI=1S/C21H16BrClFN5O2/c22-15-5-7-16(8-6-15)31-13-28-10-9-19(26-28)21(30)25-20-17(23)12-29(27-20)11-14-3-1-2-4-18(14)24/h1-10,12H,11,13H2,(H,25,27,30). The molecule has 0 saturated carbocycles. The Balaban J connectivity index is 1.38. The molecule has 0 aliphatic carbocycles. The van der Waals surface area contributed by atoms with E-state index in [9.17, 15) is 9.18 Å². The first-order valence-corrected chi connectivity index (χ1v) is 10.3. The predicted octanol–water partition coefficient (Wildman–Crippen LogP) is 4.97. The Morgan fingerprint density at radius 1 is 1.10 bits per heavy atom. The summed E-state index contributed by atoms with van der Waals surface area (Å²) in [4.78, 5) is 12.5. The zero-order chi connectivity index (χ0) is 21.8. The molecule has 2 aromatic heterocycles. The van der Waals surface area contributed by atoms with Gasteiger partial charge in [-0.25, -0.2) is 9.07 Å². The Morgan fingerprint density at radius 3 is 2.65 bits per heavy atom. The van der Waals surface area contributed by atoms with Crippen molar-refractivity contribution >= 4 is 39.3 Å². The number of carbonyl (C=O) groups excluding carboxylic acids is 1. The van der Waals surface area contributed by atoms with Crippen LogP contribution in [-0.4, -0.2) is 25.5 Å². The van der Waals surface area contributed by atoms with Crippen LogP contribution in [0.5, 0.6) is 5.75 Å². The van der Waals surface area contributed by atoms with Gasteiger partial charge in [-0.2, -0.15) is 10.2 Å². The molecule has 2 aromatic carbocycles. The largest absolute Gasteiger partial charge is 0.471 e. The molecule has 0 aliphatic heterocycles. The molecular weight excluding hydrogens is 489 g/mol. The number of nitrogens with one attached hydrogen (secondary N) is 1. The molecule has 0 spiro atoms. The maximum atomic E-state index is 13.8. The smallest absolute Gasteiger partial charge is 0.277 e. The highest BCUT2D eigenvalue weighted by Crippen LogP contribution is 2.21. The monoisotopic (exact) mass is 503 g/mol. The molecule has 0 atom stereocenters. The fourth-order valence-corrected chi connectivity index (χ4v) is 3.22. The Bertz CT molecular complexity index is 1210. The van der Waals surface area contributed by atoms with Gasteiger partial charge in [0.15, 0.2) is 18.2 Å². The minimum absolute atomic E-state index is 0.146. The predicted molar refractivity (Wildman–Crippen MR) is 118 cm³/mol. The summed E-state index contributed by atoms with van der Waals surface area (Å²) in [6, 6.07) is 15.3. The van der Waals surface area contributed by atoms with Crippen molar-refractivity contribution in [2.45, 2.75) is 13.3 Å². The normalized spacial score (nSPS) is 10.8. The summed E-state index contributed by atoms with van der Waals surface area (Å²) in [5.74, 6) is 0.0385. The van der Waals surface area contributed by atoms with Crippen LogP contribution in [0.25, 0.3) is 0 Å². The second kappa shape index (κ2) is 9.32. The Morgan fingerprint density at radius 2 is 1.87 bits per heavy atom. The van der Waals surface area contributed by atoms with Gasteiger partial charge in [0.25, 0.3) is 5.91 Å². The van der Waals surface area contributed by atoms with E-state index in [0.29, 0.717) is 11.3 Å². The van der Waals surface area contributed by atoms with Gasteiger partial charge in [-0.3, -0.25) is 9.48 Å². The number of hydrogen-bond acceptors (Lipinski definition) is 4. The second-order valence-corrected chi connectivity index (χ2v) is 7.86. The fraction of sp³-hybridized carbons (Fsp3) is 0.0952. The number of halogens is 3. The van der Waals surface area contributed by atoms with E-state index in [1.165, 1.54) is 21.6 Å². The van der Waals surface area contributed by atoms with Crippen LogP contribution in [0.1, 0.15) is 16.1 Å². The van der Waals surface area contributed by atoms with Gasteiger partial charge in [0, 0.05) is 22.4 Å². The van der Waals surface area contributed by atoms with Crippen molar-refractivity contribution in [3.63, 3.8) is 0 Å². The molecule has 0 fully saturated rings. The summed E-state index contributed by atoms with van der Waals surface area (Å²) in [5, 5.41) is 11.3. The minimum atomic E-state index is -0.472. The molecule has 2 heterocycles. The molecule has 0 unspecified atom stereocenters. The lowest BCUT2D eigenvalue weighted by Gasteiger charge is -2.06. The quantitative estimate of drug-likeness (QED) is 0.386. The number of amides is 1. The number of benzene rings is 2. The summed E-state index contributed by atoms with van der Waals surface area (Å²) in [6.45, 7) is 0.331. The van der Waals surface area contributed by atoms with E-state index in [2.05, 4.69) is 31.4 Å². The van der Waals surface area contributed by atoms with E-state index < -0.39 is 5.91 Å². The minimum Gasteiger partial charge on any atom is -0.471 e. The number of carbonyl (C=O) groups is 1. The van der Waals surface area contributed by atoms with E-state index in [4.69, 9.17) is 16.3 Å². The molecule has 0 saturated heterocycles. The van der Waals surface area contributed by atoms with E-state index >= 15 is 0 Å². The number of anilines is 1.